The fraction of sp³-hybridized carbons (Fsp3) is 0.906. The maximum Gasteiger partial charge on any atom is 0.220 e. The Balaban J connectivity index is 1.48. The molecule has 3 aliphatic heterocycles. The van der Waals surface area contributed by atoms with E-state index >= 15 is 0 Å². The van der Waals surface area contributed by atoms with Crippen molar-refractivity contribution < 1.29 is 89.1 Å². The number of carbonyl (C=O) groups is 2. The maximum atomic E-state index is 13.4. The van der Waals surface area contributed by atoms with Gasteiger partial charge in [-0.1, -0.05) is 205 Å². The van der Waals surface area contributed by atoms with Crippen LogP contribution in [0.1, 0.15) is 239 Å². The quantitative estimate of drug-likeness (QED) is 0.0219. The van der Waals surface area contributed by atoms with E-state index in [2.05, 4.69) is 36.6 Å². The van der Waals surface area contributed by atoms with E-state index in [0.717, 1.165) is 51.9 Å². The Kier molecular flexibility index (Phi) is 42.4. The number of hydrogen-bond donors (Lipinski definition) is 12. The first-order valence-corrected chi connectivity index (χ1v) is 33.1. The Morgan fingerprint density at radius 2 is 0.845 bits per heavy atom. The van der Waals surface area contributed by atoms with Gasteiger partial charge in [-0.05, 0) is 44.9 Å². The highest BCUT2D eigenvalue weighted by Crippen LogP contribution is 2.33. The minimum atomic E-state index is -1.99. The third kappa shape index (κ3) is 29.9. The number of hydrogen-bond acceptors (Lipinski definition) is 18. The van der Waals surface area contributed by atoms with Gasteiger partial charge in [0.05, 0.1) is 38.6 Å². The van der Waals surface area contributed by atoms with Crippen molar-refractivity contribution in [1.29, 1.82) is 0 Å². The number of unbranched alkanes of at least 4 members (excludes halogenated alkanes) is 30. The van der Waals surface area contributed by atoms with E-state index in [4.69, 9.17) is 28.4 Å². The molecule has 2 amide bonds. The molecule has 17 unspecified atom stereocenters. The van der Waals surface area contributed by atoms with Crippen LogP contribution in [0.15, 0.2) is 24.3 Å². The van der Waals surface area contributed by atoms with Gasteiger partial charge < -0.3 is 90.1 Å². The van der Waals surface area contributed by atoms with Crippen molar-refractivity contribution >= 4 is 11.8 Å². The lowest BCUT2D eigenvalue weighted by molar-refractivity contribution is -0.374. The van der Waals surface area contributed by atoms with Crippen molar-refractivity contribution in [3.05, 3.63) is 24.3 Å². The number of amides is 2. The Morgan fingerprint density at radius 3 is 1.29 bits per heavy atom. The normalized spacial score (nSPS) is 29.2. The van der Waals surface area contributed by atoms with Gasteiger partial charge in [0.1, 0.15) is 73.2 Å². The summed E-state index contributed by atoms with van der Waals surface area (Å²) in [7, 11) is 0. The Hall–Kier alpha value is -2.22. The van der Waals surface area contributed by atoms with Crippen LogP contribution in [0.5, 0.6) is 0 Å². The second-order valence-corrected chi connectivity index (χ2v) is 24.0. The van der Waals surface area contributed by atoms with E-state index in [1.807, 2.05) is 6.08 Å². The minimum absolute atomic E-state index is 0.241. The second-order valence-electron chi connectivity index (χ2n) is 24.0. The van der Waals surface area contributed by atoms with E-state index in [0.29, 0.717) is 6.42 Å². The predicted molar refractivity (Wildman–Crippen MR) is 321 cm³/mol. The Bertz CT molecular complexity index is 1700. The van der Waals surface area contributed by atoms with Crippen molar-refractivity contribution in [1.82, 2.24) is 10.6 Å². The first-order chi connectivity index (χ1) is 40.7. The molecule has 3 rings (SSSR count). The lowest BCUT2D eigenvalue weighted by Crippen LogP contribution is -2.68. The summed E-state index contributed by atoms with van der Waals surface area (Å²) in [5, 5.41) is 114. The number of nitrogens with one attached hydrogen (secondary N) is 2. The third-order valence-corrected chi connectivity index (χ3v) is 16.6. The fourth-order valence-electron chi connectivity index (χ4n) is 11.4. The van der Waals surface area contributed by atoms with Crippen LogP contribution in [0.25, 0.3) is 0 Å². The first kappa shape index (κ1) is 76.0. The molecule has 3 saturated heterocycles. The summed E-state index contributed by atoms with van der Waals surface area (Å²) in [6.45, 7) is 2.84. The summed E-state index contributed by atoms with van der Waals surface area (Å²) < 4.78 is 34.9. The Morgan fingerprint density at radius 1 is 0.464 bits per heavy atom. The summed E-state index contributed by atoms with van der Waals surface area (Å²) in [5.41, 5.74) is 0. The Labute approximate surface area is 503 Å². The van der Waals surface area contributed by atoms with Gasteiger partial charge >= 0.3 is 0 Å². The van der Waals surface area contributed by atoms with Gasteiger partial charge in [0.2, 0.25) is 11.8 Å². The van der Waals surface area contributed by atoms with Crippen LogP contribution >= 0.6 is 0 Å². The molecule has 3 aliphatic rings. The fourth-order valence-corrected chi connectivity index (χ4v) is 11.4. The highest BCUT2D eigenvalue weighted by Gasteiger charge is 2.54. The van der Waals surface area contributed by atoms with Crippen LogP contribution < -0.4 is 10.6 Å². The molecule has 0 aliphatic carbocycles. The van der Waals surface area contributed by atoms with Gasteiger partial charge in [-0.2, -0.15) is 0 Å². The molecule has 20 heteroatoms. The molecule has 0 aromatic heterocycles. The molecule has 0 aromatic carbocycles. The van der Waals surface area contributed by atoms with E-state index in [9.17, 15) is 60.7 Å². The number of allylic oxidation sites excluding steroid dienone is 3. The molecule has 0 bridgehead atoms. The van der Waals surface area contributed by atoms with Gasteiger partial charge in [0, 0.05) is 13.3 Å². The zero-order valence-electron chi connectivity index (χ0n) is 51.7. The van der Waals surface area contributed by atoms with Crippen LogP contribution in [0, 0.1) is 0 Å². The first-order valence-electron chi connectivity index (χ1n) is 33.1. The molecule has 0 saturated carbocycles. The number of ether oxygens (including phenoxy) is 6. The smallest absolute Gasteiger partial charge is 0.220 e. The molecule has 492 valence electrons. The summed E-state index contributed by atoms with van der Waals surface area (Å²) in [6, 6.07) is -2.41. The standard InChI is InChI=1S/C64H118N2O18/c1-4-6-8-10-12-14-16-18-19-20-21-22-23-24-25-26-27-29-31-33-35-37-39-41-52(72)66-47(48(71)40-38-36-34-32-30-28-17-15-13-11-9-7-5-2)45-79-63-58(77)56(75)61(50(43-68)81-63)84-64-59(78)57(76)60(51(44-69)82-64)83-62-53(65-46(3)70)55(74)54(73)49(42-67)80-62/h18-19,38,40,47-51,53-64,67-69,71,73-78H,4-17,20-37,39,41-45H2,1-3H3,(H,65,70)(H,66,72). The predicted octanol–water partition coefficient (Wildman–Crippen LogP) is 6.86. The molecular weight excluding hydrogens is 1080 g/mol. The van der Waals surface area contributed by atoms with Crippen LogP contribution in [0.3, 0.4) is 0 Å². The number of carbonyl (C=O) groups excluding carboxylic acids is 2. The number of aliphatic hydroxyl groups is 10. The third-order valence-electron chi connectivity index (χ3n) is 16.6. The number of aliphatic hydroxyl groups excluding tert-OH is 10. The number of rotatable bonds is 49. The largest absolute Gasteiger partial charge is 0.394 e. The van der Waals surface area contributed by atoms with E-state index < -0.39 is 130 Å². The van der Waals surface area contributed by atoms with Gasteiger partial charge in [-0.25, -0.2) is 0 Å². The lowest BCUT2D eigenvalue weighted by atomic mass is 9.95. The monoisotopic (exact) mass is 1200 g/mol. The summed E-state index contributed by atoms with van der Waals surface area (Å²) in [6.07, 6.45) is 23.5. The van der Waals surface area contributed by atoms with Gasteiger partial charge in [0.15, 0.2) is 18.9 Å². The molecule has 20 nitrogen and oxygen atoms in total. The molecule has 84 heavy (non-hydrogen) atoms. The highest BCUT2D eigenvalue weighted by atomic mass is 16.8. The van der Waals surface area contributed by atoms with Crippen LogP contribution in [0.2, 0.25) is 0 Å². The van der Waals surface area contributed by atoms with E-state index in [-0.39, 0.29) is 18.9 Å². The zero-order valence-corrected chi connectivity index (χ0v) is 51.7. The summed E-state index contributed by atoms with van der Waals surface area (Å²) in [5.74, 6) is -0.924. The van der Waals surface area contributed by atoms with Gasteiger partial charge in [-0.15, -0.1) is 0 Å². The van der Waals surface area contributed by atoms with Crippen LogP contribution in [0.4, 0.5) is 0 Å². The molecule has 3 fully saturated rings. The maximum absolute atomic E-state index is 13.4. The van der Waals surface area contributed by atoms with Crippen molar-refractivity contribution in [2.24, 2.45) is 0 Å². The summed E-state index contributed by atoms with van der Waals surface area (Å²) in [4.78, 5) is 25.4. The van der Waals surface area contributed by atoms with Crippen LogP contribution in [-0.2, 0) is 38.0 Å². The van der Waals surface area contributed by atoms with E-state index in [1.54, 1.807) is 6.08 Å². The minimum Gasteiger partial charge on any atom is -0.394 e. The lowest BCUT2D eigenvalue weighted by Gasteiger charge is -2.48. The molecular formula is C64H118N2O18. The second kappa shape index (κ2) is 46.8. The average Bonchev–Trinajstić information content (AvgIpc) is 2.16. The molecule has 0 spiro atoms. The highest BCUT2D eigenvalue weighted by molar-refractivity contribution is 5.76. The molecule has 17 atom stereocenters. The van der Waals surface area contributed by atoms with E-state index in [1.165, 1.54) is 161 Å². The van der Waals surface area contributed by atoms with Crippen molar-refractivity contribution in [2.45, 2.75) is 343 Å². The van der Waals surface area contributed by atoms with Crippen molar-refractivity contribution in [3.8, 4) is 0 Å². The van der Waals surface area contributed by atoms with Gasteiger partial charge in [0.25, 0.3) is 0 Å². The molecule has 0 aromatic rings. The topological polar surface area (TPSA) is 316 Å². The SMILES string of the molecule is CCCCCCCCC=CCCCCCCCCCCCCCCCC(=O)NC(COC1OC(CO)C(OC2OC(CO)C(OC3OC(CO)C(O)C(O)C3NC(C)=O)C(O)C2O)C(O)C1O)C(O)C=CCCCCCCCCCCCCC. The van der Waals surface area contributed by atoms with Crippen molar-refractivity contribution in [3.63, 3.8) is 0 Å². The average molecular weight is 1200 g/mol. The summed E-state index contributed by atoms with van der Waals surface area (Å²) >= 11 is 0. The molecule has 3 heterocycles. The van der Waals surface area contributed by atoms with Crippen molar-refractivity contribution in [2.75, 3.05) is 26.4 Å². The van der Waals surface area contributed by atoms with Crippen LogP contribution in [-0.4, -0.2) is 194 Å². The molecule has 0 radical (unpaired) electrons. The van der Waals surface area contributed by atoms with Gasteiger partial charge in [-0.3, -0.25) is 9.59 Å². The zero-order chi connectivity index (χ0) is 61.3. The molecule has 12 N–H and O–H groups in total.